The van der Waals surface area contributed by atoms with E-state index in [9.17, 15) is 13.6 Å². The molecule has 0 radical (unpaired) electrons. The summed E-state index contributed by atoms with van der Waals surface area (Å²) in [5, 5.41) is 2.62. The average molecular weight is 355 g/mol. The van der Waals surface area contributed by atoms with Crippen LogP contribution in [0.5, 0.6) is 0 Å². The summed E-state index contributed by atoms with van der Waals surface area (Å²) in [6.07, 6.45) is 0.546. The Bertz CT molecular complexity index is 445. The highest BCUT2D eigenvalue weighted by atomic mass is 79.9. The summed E-state index contributed by atoms with van der Waals surface area (Å²) in [5.74, 6) is -2.04. The lowest BCUT2D eigenvalue weighted by Crippen LogP contribution is -2.39. The first-order valence-electron chi connectivity index (χ1n) is 5.88. The number of nitrogens with one attached hydrogen (secondary N) is 1. The molecule has 1 atom stereocenters. The third-order valence-electron chi connectivity index (χ3n) is 2.78. The van der Waals surface area contributed by atoms with Crippen molar-refractivity contribution in [1.82, 2.24) is 5.32 Å². The summed E-state index contributed by atoms with van der Waals surface area (Å²) >= 11 is 8.61. The maximum atomic E-state index is 13.6. The topological polar surface area (TPSA) is 29.1 Å². The minimum Gasteiger partial charge on any atom is -0.349 e. The number of amides is 1. The Labute approximate surface area is 124 Å². The van der Waals surface area contributed by atoms with Crippen molar-refractivity contribution in [3.05, 3.63) is 33.8 Å². The van der Waals surface area contributed by atoms with Gasteiger partial charge in [-0.3, -0.25) is 4.79 Å². The van der Waals surface area contributed by atoms with E-state index >= 15 is 0 Å². The van der Waals surface area contributed by atoms with Crippen molar-refractivity contribution < 1.29 is 13.6 Å². The van der Waals surface area contributed by atoms with E-state index in [1.807, 2.05) is 13.8 Å². The summed E-state index contributed by atoms with van der Waals surface area (Å²) in [5.41, 5.74) is -0.566. The van der Waals surface area contributed by atoms with E-state index < -0.39 is 23.1 Å². The Morgan fingerprint density at radius 2 is 1.89 bits per heavy atom. The molecule has 0 fully saturated rings. The SMILES string of the molecule is CC(C)C(CCCl)NC(=O)c1c(F)cc(Br)cc1F. The molecular weight excluding hydrogens is 340 g/mol. The molecule has 106 valence electrons. The van der Waals surface area contributed by atoms with Crippen molar-refractivity contribution in [3.63, 3.8) is 0 Å². The van der Waals surface area contributed by atoms with Crippen LogP contribution in [0.3, 0.4) is 0 Å². The molecule has 2 nitrogen and oxygen atoms in total. The van der Waals surface area contributed by atoms with Crippen LogP contribution in [0.25, 0.3) is 0 Å². The van der Waals surface area contributed by atoms with Crippen LogP contribution in [-0.2, 0) is 0 Å². The third kappa shape index (κ3) is 4.42. The zero-order chi connectivity index (χ0) is 14.6. The molecule has 1 aromatic rings. The summed E-state index contributed by atoms with van der Waals surface area (Å²) < 4.78 is 27.5. The second kappa shape index (κ2) is 7.20. The fraction of sp³-hybridized carbons (Fsp3) is 0.462. The van der Waals surface area contributed by atoms with Crippen LogP contribution in [0.4, 0.5) is 8.78 Å². The number of hydrogen-bond donors (Lipinski definition) is 1. The van der Waals surface area contributed by atoms with Gasteiger partial charge < -0.3 is 5.32 Å². The number of carbonyl (C=O) groups excluding carboxylic acids is 1. The highest BCUT2D eigenvalue weighted by Gasteiger charge is 2.22. The van der Waals surface area contributed by atoms with Crippen molar-refractivity contribution in [3.8, 4) is 0 Å². The summed E-state index contributed by atoms with van der Waals surface area (Å²) in [7, 11) is 0. The van der Waals surface area contributed by atoms with Crippen molar-refractivity contribution >= 4 is 33.4 Å². The molecular formula is C13H15BrClF2NO. The van der Waals surface area contributed by atoms with Crippen molar-refractivity contribution in [2.24, 2.45) is 5.92 Å². The largest absolute Gasteiger partial charge is 0.349 e. The predicted octanol–water partition coefficient (Wildman–Crippen LogP) is 4.11. The van der Waals surface area contributed by atoms with Crippen LogP contribution in [0.1, 0.15) is 30.6 Å². The first-order valence-corrected chi connectivity index (χ1v) is 7.21. The van der Waals surface area contributed by atoms with E-state index in [4.69, 9.17) is 11.6 Å². The Balaban J connectivity index is 2.94. The van der Waals surface area contributed by atoms with Gasteiger partial charge in [-0.2, -0.15) is 0 Å². The number of carbonyl (C=O) groups is 1. The van der Waals surface area contributed by atoms with Gasteiger partial charge >= 0.3 is 0 Å². The highest BCUT2D eigenvalue weighted by molar-refractivity contribution is 9.10. The summed E-state index contributed by atoms with van der Waals surface area (Å²) in [4.78, 5) is 11.9. The summed E-state index contributed by atoms with van der Waals surface area (Å²) in [6.45, 7) is 3.82. The minimum absolute atomic E-state index is 0.129. The molecule has 1 amide bonds. The molecule has 0 spiro atoms. The monoisotopic (exact) mass is 353 g/mol. The van der Waals surface area contributed by atoms with Crippen LogP contribution in [0.2, 0.25) is 0 Å². The number of halogens is 4. The fourth-order valence-electron chi connectivity index (χ4n) is 1.69. The normalized spacial score (nSPS) is 12.6. The van der Waals surface area contributed by atoms with E-state index in [0.29, 0.717) is 12.3 Å². The molecule has 19 heavy (non-hydrogen) atoms. The van der Waals surface area contributed by atoms with Gasteiger partial charge in [0.05, 0.1) is 0 Å². The molecule has 1 unspecified atom stereocenters. The van der Waals surface area contributed by atoms with Gasteiger partial charge in [-0.25, -0.2) is 8.78 Å². The van der Waals surface area contributed by atoms with Crippen molar-refractivity contribution in [1.29, 1.82) is 0 Å². The fourth-order valence-corrected chi connectivity index (χ4v) is 2.33. The first kappa shape index (κ1) is 16.4. The lowest BCUT2D eigenvalue weighted by atomic mass is 10.0. The predicted molar refractivity (Wildman–Crippen MR) is 75.5 cm³/mol. The highest BCUT2D eigenvalue weighted by Crippen LogP contribution is 2.20. The standard InChI is InChI=1S/C13H15BrClF2NO/c1-7(2)11(3-4-15)18-13(19)12-9(16)5-8(14)6-10(12)17/h5-7,11H,3-4H2,1-2H3,(H,18,19). The molecule has 0 aliphatic carbocycles. The van der Waals surface area contributed by atoms with E-state index in [1.165, 1.54) is 0 Å². The Morgan fingerprint density at radius 3 is 2.32 bits per heavy atom. The Hall–Kier alpha value is -0.680. The lowest BCUT2D eigenvalue weighted by molar-refractivity contribution is 0.0916. The molecule has 6 heteroatoms. The van der Waals surface area contributed by atoms with Gasteiger partial charge in [-0.05, 0) is 24.5 Å². The molecule has 1 N–H and O–H groups in total. The number of benzene rings is 1. The molecule has 0 aliphatic heterocycles. The zero-order valence-corrected chi connectivity index (χ0v) is 13.0. The molecule has 0 aliphatic rings. The Kier molecular flexibility index (Phi) is 6.20. The van der Waals surface area contributed by atoms with Gasteiger partial charge in [0.15, 0.2) is 0 Å². The third-order valence-corrected chi connectivity index (χ3v) is 3.45. The van der Waals surface area contributed by atoms with Gasteiger partial charge in [0.25, 0.3) is 5.91 Å². The lowest BCUT2D eigenvalue weighted by Gasteiger charge is -2.21. The number of rotatable bonds is 5. The van der Waals surface area contributed by atoms with Crippen molar-refractivity contribution in [2.45, 2.75) is 26.3 Å². The van der Waals surface area contributed by atoms with Crippen LogP contribution in [-0.4, -0.2) is 17.8 Å². The van der Waals surface area contributed by atoms with Gasteiger partial charge in [0.1, 0.15) is 17.2 Å². The maximum Gasteiger partial charge on any atom is 0.257 e. The average Bonchev–Trinajstić information content (AvgIpc) is 2.26. The first-order chi connectivity index (χ1) is 8.86. The van der Waals surface area contributed by atoms with Gasteiger partial charge in [-0.15, -0.1) is 11.6 Å². The van der Waals surface area contributed by atoms with Crippen LogP contribution >= 0.6 is 27.5 Å². The van der Waals surface area contributed by atoms with Crippen LogP contribution < -0.4 is 5.32 Å². The summed E-state index contributed by atoms with van der Waals surface area (Å²) in [6, 6.07) is 1.90. The quantitative estimate of drug-likeness (QED) is 0.792. The molecule has 0 saturated heterocycles. The molecule has 1 rings (SSSR count). The maximum absolute atomic E-state index is 13.6. The molecule has 0 saturated carbocycles. The molecule has 1 aromatic carbocycles. The van der Waals surface area contributed by atoms with Gasteiger partial charge in [0, 0.05) is 16.4 Å². The molecule has 0 heterocycles. The smallest absolute Gasteiger partial charge is 0.257 e. The van der Waals surface area contributed by atoms with E-state index in [-0.39, 0.29) is 16.4 Å². The van der Waals surface area contributed by atoms with E-state index in [0.717, 1.165) is 12.1 Å². The molecule has 0 bridgehead atoms. The van der Waals surface area contributed by atoms with Gasteiger partial charge in [-0.1, -0.05) is 29.8 Å². The van der Waals surface area contributed by atoms with E-state index in [1.54, 1.807) is 0 Å². The van der Waals surface area contributed by atoms with Crippen LogP contribution in [0.15, 0.2) is 16.6 Å². The second-order valence-electron chi connectivity index (χ2n) is 4.55. The zero-order valence-electron chi connectivity index (χ0n) is 10.6. The molecule has 0 aromatic heterocycles. The van der Waals surface area contributed by atoms with Crippen LogP contribution in [0, 0.1) is 17.6 Å². The second-order valence-corrected chi connectivity index (χ2v) is 5.84. The number of hydrogen-bond acceptors (Lipinski definition) is 1. The van der Waals surface area contributed by atoms with Gasteiger partial charge in [0.2, 0.25) is 0 Å². The van der Waals surface area contributed by atoms with Crippen molar-refractivity contribution in [2.75, 3.05) is 5.88 Å². The Morgan fingerprint density at radius 1 is 1.37 bits per heavy atom. The minimum atomic E-state index is -0.891. The van der Waals surface area contributed by atoms with E-state index in [2.05, 4.69) is 21.2 Å². The number of alkyl halides is 1.